The third kappa shape index (κ3) is 25.8. The second-order valence-corrected chi connectivity index (χ2v) is 0.779. The molecule has 0 aromatic heterocycles. The fourth-order valence-corrected chi connectivity index (χ4v) is 0. The van der Waals surface area contributed by atoms with Crippen molar-refractivity contribution in [3.8, 4) is 0 Å². The summed E-state index contributed by atoms with van der Waals surface area (Å²) < 4.78 is 25.6. The van der Waals surface area contributed by atoms with Crippen LogP contribution in [-0.4, -0.2) is 0 Å². The van der Waals surface area contributed by atoms with Crippen molar-refractivity contribution in [2.75, 3.05) is 0 Å². The summed E-state index contributed by atoms with van der Waals surface area (Å²) in [5.41, 5.74) is 0. The zero-order valence-corrected chi connectivity index (χ0v) is 11.0. The van der Waals surface area contributed by atoms with Gasteiger partial charge < -0.3 is 0 Å². The molecule has 0 atom stereocenters. The van der Waals surface area contributed by atoms with Crippen LogP contribution < -0.4 is 111 Å². The van der Waals surface area contributed by atoms with Crippen LogP contribution in [0.2, 0.25) is 0 Å². The average Bonchev–Trinajstić information content (AvgIpc) is 0.811. The molecule has 0 fully saturated rings. The molecule has 0 saturated heterocycles. The van der Waals surface area contributed by atoms with Crippen molar-refractivity contribution in [2.45, 2.75) is 0 Å². The normalized spacial score (nSPS) is 5.83. The fourth-order valence-electron chi connectivity index (χ4n) is 0. The van der Waals surface area contributed by atoms with Crippen molar-refractivity contribution in [3.05, 3.63) is 0 Å². The Morgan fingerprint density at radius 1 is 1.17 bits per heavy atom. The summed E-state index contributed by atoms with van der Waals surface area (Å²) in [5.74, 6) is 0. The summed E-state index contributed by atoms with van der Waals surface area (Å²) in [6.45, 7) is 0. The molecular weight excluding hydrogens is 181 g/mol. The van der Waals surface area contributed by atoms with Gasteiger partial charge in [0.25, 0.3) is 0 Å². The van der Waals surface area contributed by atoms with Crippen LogP contribution in [0.3, 0.4) is 0 Å². The molecule has 0 radical (unpaired) electrons. The van der Waals surface area contributed by atoms with Crippen molar-refractivity contribution < 1.29 is 129 Å². The van der Waals surface area contributed by atoms with Crippen LogP contribution in [0.4, 0.5) is 0 Å². The summed E-state index contributed by atoms with van der Waals surface area (Å²) in [5, 5.41) is 0. The van der Waals surface area contributed by atoms with Crippen LogP contribution >= 0.6 is 0 Å². The molecule has 0 N–H and O–H groups in total. The van der Waals surface area contributed by atoms with Crippen LogP contribution in [0, 0.1) is 0 Å². The molecule has 3 nitrogen and oxygen atoms in total. The van der Waals surface area contributed by atoms with E-state index in [2.05, 4.69) is 0 Å². The van der Waals surface area contributed by atoms with Gasteiger partial charge >= 0.3 is 129 Å². The van der Waals surface area contributed by atoms with Gasteiger partial charge in [0, 0.05) is 0 Å². The Bertz CT molecular complexity index is 31.8. The van der Waals surface area contributed by atoms with Crippen LogP contribution in [0.1, 0.15) is 0 Å². The van der Waals surface area contributed by atoms with E-state index in [0.717, 1.165) is 0 Å². The first-order valence-corrected chi connectivity index (χ1v) is 1.91. The molecule has 0 unspecified atom stereocenters. The van der Waals surface area contributed by atoms with Gasteiger partial charge in [0.2, 0.25) is 0 Å². The first-order valence-electron chi connectivity index (χ1n) is 0.463. The van der Waals surface area contributed by atoms with Gasteiger partial charge in [0.1, 0.15) is 0 Å². The Labute approximate surface area is 125 Å². The monoisotopic (exact) mass is 181 g/mol. The summed E-state index contributed by atoms with van der Waals surface area (Å²) in [6.07, 6.45) is 0. The summed E-state index contributed by atoms with van der Waals surface area (Å²) in [4.78, 5) is 0. The minimum absolute atomic E-state index is 0. The van der Waals surface area contributed by atoms with Gasteiger partial charge in [-0.3, -0.25) is 0 Å². The molecule has 0 aliphatic heterocycles. The first-order chi connectivity index (χ1) is 1.73. The molecular formula is K2MnO3. The summed E-state index contributed by atoms with van der Waals surface area (Å²) in [6, 6.07) is 0. The maximum absolute atomic E-state index is 8.52. The molecule has 0 aliphatic carbocycles. The van der Waals surface area contributed by atoms with Crippen molar-refractivity contribution in [1.82, 2.24) is 0 Å². The number of rotatable bonds is 0. The summed E-state index contributed by atoms with van der Waals surface area (Å²) >= 11 is -3.65. The maximum atomic E-state index is 8.52. The quantitative estimate of drug-likeness (QED) is 0.349. The Morgan fingerprint density at radius 2 is 1.17 bits per heavy atom. The third-order valence-corrected chi connectivity index (χ3v) is 0. The van der Waals surface area contributed by atoms with E-state index < -0.39 is 14.5 Å². The SMILES string of the molecule is [K+].[K+].[O]=[Mn]([O-])[O-]. The minimum atomic E-state index is -3.65. The fraction of sp³-hybridized carbons (Fsp3) is 0. The van der Waals surface area contributed by atoms with Gasteiger partial charge in [-0.05, 0) is 0 Å². The molecule has 0 bridgehead atoms. The summed E-state index contributed by atoms with van der Waals surface area (Å²) in [7, 11) is 0. The molecule has 6 heavy (non-hydrogen) atoms. The van der Waals surface area contributed by atoms with Crippen LogP contribution in [0.5, 0.6) is 0 Å². The van der Waals surface area contributed by atoms with Gasteiger partial charge in [-0.1, -0.05) is 0 Å². The predicted molar refractivity (Wildman–Crippen MR) is 0.686 cm³/mol. The number of hydrogen-bond donors (Lipinski definition) is 0. The van der Waals surface area contributed by atoms with E-state index in [0.29, 0.717) is 0 Å². The predicted octanol–water partition coefficient (Wildman–Crippen LogP) is -8.49. The molecule has 27 valence electrons. The van der Waals surface area contributed by atoms with Gasteiger partial charge in [-0.25, -0.2) is 0 Å². The molecule has 0 aromatic carbocycles. The van der Waals surface area contributed by atoms with Crippen molar-refractivity contribution in [2.24, 2.45) is 0 Å². The molecule has 0 aliphatic rings. The molecule has 0 saturated carbocycles. The van der Waals surface area contributed by atoms with E-state index in [-0.39, 0.29) is 103 Å². The van der Waals surface area contributed by atoms with Crippen LogP contribution in [0.25, 0.3) is 0 Å². The van der Waals surface area contributed by atoms with Gasteiger partial charge in [-0.2, -0.15) is 0 Å². The molecule has 0 amide bonds. The Balaban J connectivity index is -0.0000000450. The molecule has 0 rings (SSSR count). The van der Waals surface area contributed by atoms with Crippen molar-refractivity contribution in [1.29, 1.82) is 0 Å². The van der Waals surface area contributed by atoms with E-state index in [1.165, 1.54) is 0 Å². The second kappa shape index (κ2) is 11.3. The van der Waals surface area contributed by atoms with Gasteiger partial charge in [-0.15, -0.1) is 0 Å². The molecule has 6 heteroatoms. The molecule has 0 aromatic rings. The Morgan fingerprint density at radius 3 is 1.17 bits per heavy atom. The van der Waals surface area contributed by atoms with Gasteiger partial charge in [0.15, 0.2) is 0 Å². The number of hydrogen-bond acceptors (Lipinski definition) is 3. The van der Waals surface area contributed by atoms with E-state index in [1.807, 2.05) is 0 Å². The Hall–Kier alpha value is 3.51. The van der Waals surface area contributed by atoms with Crippen LogP contribution in [0.15, 0.2) is 0 Å². The van der Waals surface area contributed by atoms with Crippen molar-refractivity contribution >= 4 is 0 Å². The van der Waals surface area contributed by atoms with E-state index >= 15 is 0 Å². The Kier molecular flexibility index (Phi) is 30.7. The zero-order chi connectivity index (χ0) is 3.58. The first kappa shape index (κ1) is 16.3. The zero-order valence-electron chi connectivity index (χ0n) is 3.60. The van der Waals surface area contributed by atoms with Crippen LogP contribution in [-0.2, 0) is 18.3 Å². The standard InChI is InChI=1S/2K.Mn.3O/q2*+1;;;2*-1. The van der Waals surface area contributed by atoms with E-state index in [4.69, 9.17) is 12.2 Å². The van der Waals surface area contributed by atoms with E-state index in [1.54, 1.807) is 0 Å². The molecule has 0 spiro atoms. The van der Waals surface area contributed by atoms with Gasteiger partial charge in [0.05, 0.1) is 0 Å². The van der Waals surface area contributed by atoms with E-state index in [9.17, 15) is 0 Å². The average molecular weight is 181 g/mol. The molecule has 0 heterocycles. The second-order valence-electron chi connectivity index (χ2n) is 0.189. The third-order valence-electron chi connectivity index (χ3n) is 0. The topological polar surface area (TPSA) is 63.2 Å². The van der Waals surface area contributed by atoms with Crippen molar-refractivity contribution in [3.63, 3.8) is 0 Å².